The number of non-ortho nitro benzene ring substituents is 1. The minimum atomic E-state index is -1.44. The molecule has 0 saturated heterocycles. The van der Waals surface area contributed by atoms with Crippen molar-refractivity contribution in [2.45, 2.75) is 6.92 Å². The minimum absolute atomic E-state index is 0.108. The molecule has 0 aromatic heterocycles. The summed E-state index contributed by atoms with van der Waals surface area (Å²) in [5.74, 6) is -1.44. The first-order chi connectivity index (χ1) is 7.34. The van der Waals surface area contributed by atoms with Gasteiger partial charge in [0.05, 0.1) is 21.5 Å². The summed E-state index contributed by atoms with van der Waals surface area (Å²) in [6, 6.07) is 1.53. The zero-order chi connectivity index (χ0) is 12.5. The third kappa shape index (κ3) is 1.95. The van der Waals surface area contributed by atoms with E-state index in [1.165, 1.54) is 6.92 Å². The number of hydrogen-bond donors (Lipinski definition) is 1. The zero-order valence-corrected chi connectivity index (χ0v) is 8.04. The maximum Gasteiger partial charge on any atom is 0.336 e. The van der Waals surface area contributed by atoms with Crippen LogP contribution in [0.1, 0.15) is 15.9 Å². The molecule has 0 heterocycles. The Morgan fingerprint density at radius 3 is 2.19 bits per heavy atom. The molecule has 0 aliphatic heterocycles. The number of nitrogens with zero attached hydrogens (tertiary/aromatic N) is 2. The lowest BCUT2D eigenvalue weighted by Crippen LogP contribution is -2.04. The van der Waals surface area contributed by atoms with E-state index in [9.17, 15) is 25.0 Å². The molecule has 0 aliphatic rings. The SMILES string of the molecule is Cc1c(C(=O)O)cc([N+](=O)[O-])cc1[N+](=O)[O-]. The van der Waals surface area contributed by atoms with E-state index in [0.717, 1.165) is 12.1 Å². The molecule has 16 heavy (non-hydrogen) atoms. The van der Waals surface area contributed by atoms with E-state index in [4.69, 9.17) is 5.11 Å². The van der Waals surface area contributed by atoms with Crippen molar-refractivity contribution >= 4 is 17.3 Å². The summed E-state index contributed by atoms with van der Waals surface area (Å²) in [5.41, 5.74) is -1.75. The molecule has 0 amide bonds. The number of benzene rings is 1. The van der Waals surface area contributed by atoms with Gasteiger partial charge in [-0.3, -0.25) is 20.2 Å². The van der Waals surface area contributed by atoms with Crippen LogP contribution in [-0.4, -0.2) is 20.9 Å². The van der Waals surface area contributed by atoms with Gasteiger partial charge in [0.1, 0.15) is 0 Å². The van der Waals surface area contributed by atoms with Crippen LogP contribution in [0.4, 0.5) is 11.4 Å². The molecule has 0 spiro atoms. The smallest absolute Gasteiger partial charge is 0.336 e. The van der Waals surface area contributed by atoms with E-state index in [1.807, 2.05) is 0 Å². The summed E-state index contributed by atoms with van der Waals surface area (Å²) < 4.78 is 0. The van der Waals surface area contributed by atoms with Gasteiger partial charge in [0.15, 0.2) is 0 Å². The number of rotatable bonds is 3. The Hall–Kier alpha value is -2.51. The average molecular weight is 226 g/mol. The molecule has 0 atom stereocenters. The number of carboxylic acids is 1. The van der Waals surface area contributed by atoms with Gasteiger partial charge >= 0.3 is 5.97 Å². The lowest BCUT2D eigenvalue weighted by atomic mass is 10.1. The second kappa shape index (κ2) is 3.93. The number of nitro groups is 2. The van der Waals surface area contributed by atoms with Crippen LogP contribution in [0.2, 0.25) is 0 Å². The highest BCUT2D eigenvalue weighted by Gasteiger charge is 2.24. The van der Waals surface area contributed by atoms with E-state index in [0.29, 0.717) is 0 Å². The molecule has 0 radical (unpaired) electrons. The molecule has 8 heteroatoms. The average Bonchev–Trinajstić information content (AvgIpc) is 2.16. The van der Waals surface area contributed by atoms with Crippen molar-refractivity contribution in [1.82, 2.24) is 0 Å². The van der Waals surface area contributed by atoms with Crippen molar-refractivity contribution in [3.8, 4) is 0 Å². The molecule has 0 bridgehead atoms. The quantitative estimate of drug-likeness (QED) is 0.615. The Morgan fingerprint density at radius 1 is 1.25 bits per heavy atom. The van der Waals surface area contributed by atoms with Crippen molar-refractivity contribution in [2.75, 3.05) is 0 Å². The van der Waals surface area contributed by atoms with Crippen LogP contribution in [0.15, 0.2) is 12.1 Å². The van der Waals surface area contributed by atoms with Crippen molar-refractivity contribution < 1.29 is 19.7 Å². The normalized spacial score (nSPS) is 9.81. The van der Waals surface area contributed by atoms with E-state index in [-0.39, 0.29) is 5.56 Å². The zero-order valence-electron chi connectivity index (χ0n) is 8.04. The van der Waals surface area contributed by atoms with Crippen LogP contribution >= 0.6 is 0 Å². The molecule has 0 unspecified atom stereocenters. The molecule has 8 nitrogen and oxygen atoms in total. The largest absolute Gasteiger partial charge is 0.478 e. The van der Waals surface area contributed by atoms with E-state index >= 15 is 0 Å². The molecule has 84 valence electrons. The highest BCUT2D eigenvalue weighted by Crippen LogP contribution is 2.27. The van der Waals surface area contributed by atoms with E-state index in [2.05, 4.69) is 0 Å². The van der Waals surface area contributed by atoms with Crippen LogP contribution in [0.25, 0.3) is 0 Å². The summed E-state index contributed by atoms with van der Waals surface area (Å²) >= 11 is 0. The Bertz CT molecular complexity index is 460. The first-order valence-electron chi connectivity index (χ1n) is 4.01. The first kappa shape index (κ1) is 11.6. The summed E-state index contributed by atoms with van der Waals surface area (Å²) in [6.07, 6.45) is 0. The Kier molecular flexibility index (Phi) is 2.84. The Morgan fingerprint density at radius 2 is 1.81 bits per heavy atom. The summed E-state index contributed by atoms with van der Waals surface area (Å²) in [6.45, 7) is 1.23. The van der Waals surface area contributed by atoms with Crippen molar-refractivity contribution in [3.63, 3.8) is 0 Å². The van der Waals surface area contributed by atoms with Crippen LogP contribution in [0, 0.1) is 27.2 Å². The molecular weight excluding hydrogens is 220 g/mol. The van der Waals surface area contributed by atoms with Crippen molar-refractivity contribution in [3.05, 3.63) is 43.5 Å². The minimum Gasteiger partial charge on any atom is -0.478 e. The van der Waals surface area contributed by atoms with Crippen molar-refractivity contribution in [1.29, 1.82) is 0 Å². The lowest BCUT2D eigenvalue weighted by molar-refractivity contribution is -0.394. The molecule has 0 saturated carbocycles. The van der Waals surface area contributed by atoms with Gasteiger partial charge in [0, 0.05) is 11.6 Å². The molecule has 1 aromatic carbocycles. The summed E-state index contributed by atoms with van der Waals surface area (Å²) in [5, 5.41) is 29.7. The van der Waals surface area contributed by atoms with Crippen LogP contribution in [-0.2, 0) is 0 Å². The maximum atomic E-state index is 10.7. The van der Waals surface area contributed by atoms with Gasteiger partial charge in [-0.1, -0.05) is 0 Å². The molecule has 1 aromatic rings. The fourth-order valence-corrected chi connectivity index (χ4v) is 1.20. The number of hydrogen-bond acceptors (Lipinski definition) is 5. The molecular formula is C8H6N2O6. The number of aromatic carboxylic acids is 1. The summed E-state index contributed by atoms with van der Waals surface area (Å²) in [7, 11) is 0. The first-order valence-corrected chi connectivity index (χ1v) is 4.01. The maximum absolute atomic E-state index is 10.7. The third-order valence-electron chi connectivity index (χ3n) is 2.00. The predicted molar refractivity (Wildman–Crippen MR) is 51.4 cm³/mol. The fraction of sp³-hybridized carbons (Fsp3) is 0.125. The van der Waals surface area contributed by atoms with Gasteiger partial charge in [-0.2, -0.15) is 0 Å². The molecule has 1 rings (SSSR count). The van der Waals surface area contributed by atoms with Crippen LogP contribution in [0.5, 0.6) is 0 Å². The standard InChI is InChI=1S/C8H6N2O6/c1-4-6(8(11)12)2-5(9(13)14)3-7(4)10(15)16/h2-3H,1H3,(H,11,12). The van der Waals surface area contributed by atoms with Gasteiger partial charge in [-0.25, -0.2) is 4.79 Å². The monoisotopic (exact) mass is 226 g/mol. The van der Waals surface area contributed by atoms with Gasteiger partial charge < -0.3 is 5.11 Å². The van der Waals surface area contributed by atoms with Gasteiger partial charge in [0.25, 0.3) is 11.4 Å². The fourth-order valence-electron chi connectivity index (χ4n) is 1.20. The third-order valence-corrected chi connectivity index (χ3v) is 2.00. The number of carboxylic acid groups (broad SMARTS) is 1. The van der Waals surface area contributed by atoms with Gasteiger partial charge in [-0.05, 0) is 6.92 Å². The highest BCUT2D eigenvalue weighted by molar-refractivity contribution is 5.91. The van der Waals surface area contributed by atoms with E-state index in [1.54, 1.807) is 0 Å². The Balaban J connectivity index is 3.57. The molecule has 0 aliphatic carbocycles. The predicted octanol–water partition coefficient (Wildman–Crippen LogP) is 1.51. The highest BCUT2D eigenvalue weighted by atomic mass is 16.6. The number of carbonyl (C=O) groups is 1. The van der Waals surface area contributed by atoms with Crippen LogP contribution in [0.3, 0.4) is 0 Å². The van der Waals surface area contributed by atoms with Crippen molar-refractivity contribution in [2.24, 2.45) is 0 Å². The molecule has 1 N–H and O–H groups in total. The van der Waals surface area contributed by atoms with Gasteiger partial charge in [-0.15, -0.1) is 0 Å². The molecule has 0 fully saturated rings. The van der Waals surface area contributed by atoms with Gasteiger partial charge in [0.2, 0.25) is 0 Å². The van der Waals surface area contributed by atoms with E-state index < -0.39 is 32.8 Å². The second-order valence-electron chi connectivity index (χ2n) is 2.96. The number of nitro benzene ring substituents is 2. The Labute approximate surface area is 88.4 Å². The topological polar surface area (TPSA) is 124 Å². The van der Waals surface area contributed by atoms with Crippen LogP contribution < -0.4 is 0 Å². The summed E-state index contributed by atoms with van der Waals surface area (Å²) in [4.78, 5) is 30.0. The second-order valence-corrected chi connectivity index (χ2v) is 2.96. The lowest BCUT2D eigenvalue weighted by Gasteiger charge is -2.01.